The van der Waals surface area contributed by atoms with Crippen molar-refractivity contribution in [1.29, 1.82) is 0 Å². The molecule has 3 rings (SSSR count). The highest BCUT2D eigenvalue weighted by Crippen LogP contribution is 2.32. The van der Waals surface area contributed by atoms with Crippen molar-refractivity contribution in [2.75, 3.05) is 19.7 Å². The Morgan fingerprint density at radius 3 is 2.71 bits per heavy atom. The van der Waals surface area contributed by atoms with Crippen molar-refractivity contribution >= 4 is 34.9 Å². The number of piperidine rings is 1. The molecule has 6 nitrogen and oxygen atoms in total. The summed E-state index contributed by atoms with van der Waals surface area (Å²) in [6.45, 7) is 0.716. The van der Waals surface area contributed by atoms with Crippen LogP contribution < -0.4 is 0 Å². The topological polar surface area (TPSA) is 77.9 Å². The molecule has 0 spiro atoms. The molecule has 8 heteroatoms. The quantitative estimate of drug-likeness (QED) is 0.735. The Morgan fingerprint density at radius 2 is 2.00 bits per heavy atom. The highest BCUT2D eigenvalue weighted by atomic mass is 32.2. The molecule has 2 fully saturated rings. The summed E-state index contributed by atoms with van der Waals surface area (Å²) in [5.41, 5.74) is 0.628. The van der Waals surface area contributed by atoms with Crippen LogP contribution in [0.2, 0.25) is 0 Å². The smallest absolute Gasteiger partial charge is 0.293 e. The molecule has 0 aliphatic carbocycles. The number of amides is 3. The molecule has 2 aliphatic heterocycles. The van der Waals surface area contributed by atoms with Crippen LogP contribution in [0.1, 0.15) is 37.7 Å². The van der Waals surface area contributed by atoms with Gasteiger partial charge >= 0.3 is 0 Å². The van der Waals surface area contributed by atoms with Crippen LogP contribution in [0.15, 0.2) is 29.2 Å². The van der Waals surface area contributed by atoms with E-state index >= 15 is 0 Å². The van der Waals surface area contributed by atoms with Gasteiger partial charge in [0.25, 0.3) is 11.1 Å². The van der Waals surface area contributed by atoms with Gasteiger partial charge in [-0.3, -0.25) is 19.3 Å². The number of imide groups is 1. The minimum absolute atomic E-state index is 0.0274. The number of aliphatic hydroxyl groups is 1. The van der Waals surface area contributed by atoms with E-state index in [1.54, 1.807) is 11.0 Å². The number of hydrogen-bond acceptors (Lipinski definition) is 5. The van der Waals surface area contributed by atoms with Gasteiger partial charge in [-0.1, -0.05) is 12.1 Å². The fourth-order valence-corrected chi connectivity index (χ4v) is 4.40. The SMILES string of the molecule is O=C1S/C(=C\c2ccc(F)cc2)C(=O)N1CCC(=O)N1CCCCC1CCO. The largest absolute Gasteiger partial charge is 0.396 e. The van der Waals surface area contributed by atoms with Crippen molar-refractivity contribution in [2.45, 2.75) is 38.1 Å². The molecule has 0 radical (unpaired) electrons. The number of benzene rings is 1. The van der Waals surface area contributed by atoms with Crippen LogP contribution in [0.25, 0.3) is 6.08 Å². The van der Waals surface area contributed by atoms with Crippen LogP contribution in [0, 0.1) is 5.82 Å². The molecular weight excluding hydrogens is 383 g/mol. The van der Waals surface area contributed by atoms with Crippen LogP contribution in [-0.4, -0.2) is 57.7 Å². The van der Waals surface area contributed by atoms with E-state index in [1.165, 1.54) is 24.3 Å². The maximum Gasteiger partial charge on any atom is 0.293 e. The molecular formula is C20H23FN2O4S. The highest BCUT2D eigenvalue weighted by Gasteiger charge is 2.36. The lowest BCUT2D eigenvalue weighted by Crippen LogP contribution is -2.45. The number of carbonyl (C=O) groups excluding carboxylic acids is 3. The molecule has 2 saturated heterocycles. The van der Waals surface area contributed by atoms with Crippen LogP contribution in [-0.2, 0) is 9.59 Å². The minimum atomic E-state index is -0.433. The van der Waals surface area contributed by atoms with Crippen LogP contribution in [0.5, 0.6) is 0 Å². The fourth-order valence-electron chi connectivity index (χ4n) is 3.53. The fraction of sp³-hybridized carbons (Fsp3) is 0.450. The van der Waals surface area contributed by atoms with Crippen molar-refractivity contribution in [3.05, 3.63) is 40.6 Å². The van der Waals surface area contributed by atoms with Gasteiger partial charge in [0.1, 0.15) is 5.82 Å². The molecule has 1 aromatic carbocycles. The van der Waals surface area contributed by atoms with Crippen molar-refractivity contribution < 1.29 is 23.9 Å². The third-order valence-electron chi connectivity index (χ3n) is 5.00. The highest BCUT2D eigenvalue weighted by molar-refractivity contribution is 8.18. The zero-order valence-electron chi connectivity index (χ0n) is 15.5. The Hall–Kier alpha value is -2.19. The van der Waals surface area contributed by atoms with Gasteiger partial charge in [-0.2, -0.15) is 0 Å². The summed E-state index contributed by atoms with van der Waals surface area (Å²) in [7, 11) is 0. The monoisotopic (exact) mass is 406 g/mol. The first-order chi connectivity index (χ1) is 13.5. The number of nitrogens with zero attached hydrogens (tertiary/aromatic N) is 2. The van der Waals surface area contributed by atoms with Gasteiger partial charge in [0.15, 0.2) is 0 Å². The zero-order chi connectivity index (χ0) is 20.1. The number of aliphatic hydroxyl groups excluding tert-OH is 1. The third kappa shape index (κ3) is 4.80. The van der Waals surface area contributed by atoms with E-state index in [0.717, 1.165) is 35.9 Å². The molecule has 1 atom stereocenters. The number of likely N-dealkylation sites (tertiary alicyclic amines) is 1. The second kappa shape index (κ2) is 9.34. The van der Waals surface area contributed by atoms with E-state index in [-0.39, 0.29) is 42.2 Å². The van der Waals surface area contributed by atoms with Gasteiger partial charge in [-0.15, -0.1) is 0 Å². The summed E-state index contributed by atoms with van der Waals surface area (Å²) in [6, 6.07) is 5.67. The number of halogens is 1. The normalized spacial score (nSPS) is 21.6. The van der Waals surface area contributed by atoms with E-state index < -0.39 is 11.1 Å². The van der Waals surface area contributed by atoms with Gasteiger partial charge < -0.3 is 10.0 Å². The summed E-state index contributed by atoms with van der Waals surface area (Å²) in [6.07, 6.45) is 5.00. The van der Waals surface area contributed by atoms with Crippen molar-refractivity contribution in [3.63, 3.8) is 0 Å². The number of rotatable bonds is 6. The van der Waals surface area contributed by atoms with E-state index in [1.807, 2.05) is 0 Å². The lowest BCUT2D eigenvalue weighted by Gasteiger charge is -2.36. The summed E-state index contributed by atoms with van der Waals surface area (Å²) in [5, 5.41) is 8.78. The minimum Gasteiger partial charge on any atom is -0.396 e. The molecule has 28 heavy (non-hydrogen) atoms. The van der Waals surface area contributed by atoms with Crippen LogP contribution in [0.3, 0.4) is 0 Å². The predicted molar refractivity (Wildman–Crippen MR) is 105 cm³/mol. The van der Waals surface area contributed by atoms with E-state index in [4.69, 9.17) is 0 Å². The molecule has 150 valence electrons. The van der Waals surface area contributed by atoms with Crippen molar-refractivity contribution in [3.8, 4) is 0 Å². The van der Waals surface area contributed by atoms with Gasteiger partial charge in [-0.25, -0.2) is 4.39 Å². The molecule has 0 saturated carbocycles. The molecule has 2 heterocycles. The second-order valence-corrected chi connectivity index (χ2v) is 7.88. The standard InChI is InChI=1S/C20H23FN2O4S/c21-15-6-4-14(5-7-15)13-17-19(26)23(20(27)28-17)11-8-18(25)22-10-2-1-3-16(22)9-12-24/h4-7,13,16,24H,1-3,8-12H2/b17-13-. The van der Waals surface area contributed by atoms with Crippen LogP contribution in [0.4, 0.5) is 9.18 Å². The van der Waals surface area contributed by atoms with Crippen molar-refractivity contribution in [1.82, 2.24) is 9.80 Å². The second-order valence-electron chi connectivity index (χ2n) is 6.88. The van der Waals surface area contributed by atoms with E-state index in [2.05, 4.69) is 0 Å². The van der Waals surface area contributed by atoms with Crippen LogP contribution >= 0.6 is 11.8 Å². The van der Waals surface area contributed by atoms with E-state index in [9.17, 15) is 23.9 Å². The van der Waals surface area contributed by atoms with Gasteiger partial charge in [0.05, 0.1) is 4.91 Å². The number of carbonyl (C=O) groups is 3. The zero-order valence-corrected chi connectivity index (χ0v) is 16.3. The molecule has 1 unspecified atom stereocenters. The first-order valence-corrected chi connectivity index (χ1v) is 10.2. The van der Waals surface area contributed by atoms with Gasteiger partial charge in [-0.05, 0) is 61.2 Å². The maximum atomic E-state index is 13.0. The molecule has 1 aromatic rings. The Labute approximate surface area is 167 Å². The Kier molecular flexibility index (Phi) is 6.85. The van der Waals surface area contributed by atoms with Gasteiger partial charge in [0.2, 0.25) is 5.91 Å². The molecule has 2 aliphatic rings. The lowest BCUT2D eigenvalue weighted by atomic mass is 9.99. The first kappa shape index (κ1) is 20.5. The average Bonchev–Trinajstić information content (AvgIpc) is 2.95. The summed E-state index contributed by atoms with van der Waals surface area (Å²) < 4.78 is 13.0. The van der Waals surface area contributed by atoms with E-state index in [0.29, 0.717) is 18.5 Å². The lowest BCUT2D eigenvalue weighted by molar-refractivity contribution is -0.135. The molecule has 3 amide bonds. The molecule has 0 aromatic heterocycles. The average molecular weight is 406 g/mol. The van der Waals surface area contributed by atoms with Crippen molar-refractivity contribution in [2.24, 2.45) is 0 Å². The first-order valence-electron chi connectivity index (χ1n) is 9.41. The third-order valence-corrected chi connectivity index (χ3v) is 5.91. The summed E-state index contributed by atoms with van der Waals surface area (Å²) >= 11 is 0.824. The Bertz CT molecular complexity index is 779. The molecule has 0 bridgehead atoms. The number of hydrogen-bond donors (Lipinski definition) is 1. The van der Waals surface area contributed by atoms with Gasteiger partial charge in [0, 0.05) is 32.2 Å². The summed E-state index contributed by atoms with van der Waals surface area (Å²) in [5.74, 6) is -0.904. The molecule has 1 N–H and O–H groups in total. The Morgan fingerprint density at radius 1 is 1.25 bits per heavy atom. The maximum absolute atomic E-state index is 13.0. The predicted octanol–water partition coefficient (Wildman–Crippen LogP) is 3.02. The number of thioether (sulfide) groups is 1. The summed E-state index contributed by atoms with van der Waals surface area (Å²) in [4.78, 5) is 40.4. The Balaban J connectivity index is 1.61.